The SMILES string of the molecule is Cc1cc(C)n(CCCNC(=O)COC2(C)CNC2)n1. The first-order chi connectivity index (χ1) is 9.48. The molecule has 1 fully saturated rings. The second-order valence-corrected chi connectivity index (χ2v) is 5.70. The third-order valence-electron chi connectivity index (χ3n) is 3.52. The van der Waals surface area contributed by atoms with Gasteiger partial charge in [-0.05, 0) is 33.3 Å². The molecule has 6 heteroatoms. The maximum atomic E-state index is 11.6. The predicted octanol–water partition coefficient (Wildman–Crippen LogP) is 0.385. The van der Waals surface area contributed by atoms with Crippen molar-refractivity contribution in [3.8, 4) is 0 Å². The van der Waals surface area contributed by atoms with Gasteiger partial charge in [-0.2, -0.15) is 5.10 Å². The fourth-order valence-electron chi connectivity index (χ4n) is 2.23. The number of hydrogen-bond donors (Lipinski definition) is 2. The molecule has 1 amide bonds. The van der Waals surface area contributed by atoms with E-state index in [9.17, 15) is 4.79 Å². The molecule has 0 unspecified atom stereocenters. The molecule has 2 rings (SSSR count). The highest BCUT2D eigenvalue weighted by Crippen LogP contribution is 2.14. The Morgan fingerprint density at radius 2 is 2.30 bits per heavy atom. The summed E-state index contributed by atoms with van der Waals surface area (Å²) in [5.41, 5.74) is 2.02. The molecule has 0 radical (unpaired) electrons. The molecule has 1 saturated heterocycles. The van der Waals surface area contributed by atoms with Crippen LogP contribution in [0.3, 0.4) is 0 Å². The van der Waals surface area contributed by atoms with Crippen molar-refractivity contribution < 1.29 is 9.53 Å². The van der Waals surface area contributed by atoms with Crippen LogP contribution < -0.4 is 10.6 Å². The van der Waals surface area contributed by atoms with E-state index in [4.69, 9.17) is 4.74 Å². The minimum atomic E-state index is -0.166. The lowest BCUT2D eigenvalue weighted by Gasteiger charge is -2.38. The molecular formula is C14H24N4O2. The van der Waals surface area contributed by atoms with E-state index in [0.717, 1.165) is 37.4 Å². The molecule has 2 heterocycles. The van der Waals surface area contributed by atoms with Gasteiger partial charge in [0.15, 0.2) is 0 Å². The number of nitrogens with zero attached hydrogens (tertiary/aromatic N) is 2. The third-order valence-corrected chi connectivity index (χ3v) is 3.52. The van der Waals surface area contributed by atoms with E-state index in [1.54, 1.807) is 0 Å². The summed E-state index contributed by atoms with van der Waals surface area (Å²) in [6, 6.07) is 2.06. The Labute approximate surface area is 119 Å². The highest BCUT2D eigenvalue weighted by atomic mass is 16.5. The number of aromatic nitrogens is 2. The molecule has 1 aromatic rings. The van der Waals surface area contributed by atoms with Gasteiger partial charge < -0.3 is 15.4 Å². The van der Waals surface area contributed by atoms with Crippen molar-refractivity contribution in [3.63, 3.8) is 0 Å². The van der Waals surface area contributed by atoms with Gasteiger partial charge in [-0.3, -0.25) is 9.48 Å². The fourth-order valence-corrected chi connectivity index (χ4v) is 2.23. The van der Waals surface area contributed by atoms with E-state index in [2.05, 4.69) is 21.8 Å². The van der Waals surface area contributed by atoms with Gasteiger partial charge in [0.2, 0.25) is 5.91 Å². The Morgan fingerprint density at radius 3 is 2.85 bits per heavy atom. The Hall–Kier alpha value is -1.40. The molecule has 0 bridgehead atoms. The molecule has 6 nitrogen and oxygen atoms in total. The van der Waals surface area contributed by atoms with Gasteiger partial charge >= 0.3 is 0 Å². The average Bonchev–Trinajstić information content (AvgIpc) is 2.68. The van der Waals surface area contributed by atoms with Crippen molar-refractivity contribution in [3.05, 3.63) is 17.5 Å². The molecule has 0 spiro atoms. The molecule has 112 valence electrons. The number of carbonyl (C=O) groups is 1. The second-order valence-electron chi connectivity index (χ2n) is 5.70. The fraction of sp³-hybridized carbons (Fsp3) is 0.714. The average molecular weight is 280 g/mol. The molecule has 1 aliphatic rings. The van der Waals surface area contributed by atoms with Crippen LogP contribution in [0.4, 0.5) is 0 Å². The number of rotatable bonds is 7. The quantitative estimate of drug-likeness (QED) is 0.709. The van der Waals surface area contributed by atoms with E-state index in [1.807, 2.05) is 25.5 Å². The van der Waals surface area contributed by atoms with Crippen LogP contribution in [0.25, 0.3) is 0 Å². The van der Waals surface area contributed by atoms with E-state index in [1.165, 1.54) is 0 Å². The van der Waals surface area contributed by atoms with Gasteiger partial charge in [-0.25, -0.2) is 0 Å². The lowest BCUT2D eigenvalue weighted by molar-refractivity contribution is -0.135. The molecule has 0 aliphatic carbocycles. The summed E-state index contributed by atoms with van der Waals surface area (Å²) in [6.45, 7) is 9.28. The van der Waals surface area contributed by atoms with Crippen molar-refractivity contribution in [2.75, 3.05) is 26.2 Å². The lowest BCUT2D eigenvalue weighted by atomic mass is 10.0. The van der Waals surface area contributed by atoms with Gasteiger partial charge in [-0.1, -0.05) is 0 Å². The summed E-state index contributed by atoms with van der Waals surface area (Å²) in [4.78, 5) is 11.6. The van der Waals surface area contributed by atoms with Crippen LogP contribution in [0, 0.1) is 13.8 Å². The number of ether oxygens (including phenoxy) is 1. The molecule has 0 aromatic carbocycles. The Balaban J connectivity index is 1.58. The van der Waals surface area contributed by atoms with E-state index in [-0.39, 0.29) is 18.1 Å². The van der Waals surface area contributed by atoms with Gasteiger partial charge in [-0.15, -0.1) is 0 Å². The maximum Gasteiger partial charge on any atom is 0.246 e. The standard InChI is InChI=1S/C14H24N4O2/c1-11-7-12(2)18(17-11)6-4-5-16-13(19)8-20-14(3)9-15-10-14/h7,15H,4-6,8-10H2,1-3H3,(H,16,19). The summed E-state index contributed by atoms with van der Waals surface area (Å²) < 4.78 is 7.54. The van der Waals surface area contributed by atoms with Gasteiger partial charge in [0.1, 0.15) is 6.61 Å². The van der Waals surface area contributed by atoms with Crippen LogP contribution in [0.1, 0.15) is 24.7 Å². The van der Waals surface area contributed by atoms with Crippen molar-refractivity contribution in [2.24, 2.45) is 0 Å². The predicted molar refractivity (Wildman–Crippen MR) is 76.6 cm³/mol. The molecule has 1 aliphatic heterocycles. The molecule has 2 N–H and O–H groups in total. The van der Waals surface area contributed by atoms with E-state index < -0.39 is 0 Å². The normalized spacial score (nSPS) is 16.8. The third kappa shape index (κ3) is 4.05. The maximum absolute atomic E-state index is 11.6. The number of amides is 1. The highest BCUT2D eigenvalue weighted by Gasteiger charge is 2.32. The Morgan fingerprint density at radius 1 is 1.55 bits per heavy atom. The summed E-state index contributed by atoms with van der Waals surface area (Å²) >= 11 is 0. The number of nitrogens with one attached hydrogen (secondary N) is 2. The van der Waals surface area contributed by atoms with Crippen LogP contribution in [0.2, 0.25) is 0 Å². The molecule has 0 atom stereocenters. The van der Waals surface area contributed by atoms with Gasteiger partial charge in [0.25, 0.3) is 0 Å². The molecule has 20 heavy (non-hydrogen) atoms. The minimum absolute atomic E-state index is 0.0495. The van der Waals surface area contributed by atoms with Crippen molar-refractivity contribution in [1.82, 2.24) is 20.4 Å². The van der Waals surface area contributed by atoms with Gasteiger partial charge in [0.05, 0.1) is 11.3 Å². The lowest BCUT2D eigenvalue weighted by Crippen LogP contribution is -2.59. The summed E-state index contributed by atoms with van der Waals surface area (Å²) in [7, 11) is 0. The Kier molecular flexibility index (Phi) is 4.77. The van der Waals surface area contributed by atoms with Crippen molar-refractivity contribution in [2.45, 2.75) is 39.3 Å². The zero-order valence-corrected chi connectivity index (χ0v) is 12.5. The Bertz CT molecular complexity index is 466. The van der Waals surface area contributed by atoms with Gasteiger partial charge in [0, 0.05) is 31.9 Å². The highest BCUT2D eigenvalue weighted by molar-refractivity contribution is 5.77. The minimum Gasteiger partial charge on any atom is -0.363 e. The number of hydrogen-bond acceptors (Lipinski definition) is 4. The monoisotopic (exact) mass is 280 g/mol. The first kappa shape index (κ1) is 15.0. The summed E-state index contributed by atoms with van der Waals surface area (Å²) in [5.74, 6) is -0.0495. The van der Waals surface area contributed by atoms with Crippen LogP contribution in [0.15, 0.2) is 6.07 Å². The van der Waals surface area contributed by atoms with E-state index in [0.29, 0.717) is 6.54 Å². The number of carbonyl (C=O) groups excluding carboxylic acids is 1. The topological polar surface area (TPSA) is 68.2 Å². The van der Waals surface area contributed by atoms with Crippen molar-refractivity contribution >= 4 is 5.91 Å². The van der Waals surface area contributed by atoms with Crippen LogP contribution in [-0.4, -0.2) is 47.5 Å². The van der Waals surface area contributed by atoms with E-state index >= 15 is 0 Å². The molecule has 0 saturated carbocycles. The zero-order chi connectivity index (χ0) is 14.6. The number of aryl methyl sites for hydroxylation is 3. The van der Waals surface area contributed by atoms with Crippen LogP contribution in [0.5, 0.6) is 0 Å². The first-order valence-corrected chi connectivity index (χ1v) is 7.11. The first-order valence-electron chi connectivity index (χ1n) is 7.11. The smallest absolute Gasteiger partial charge is 0.246 e. The largest absolute Gasteiger partial charge is 0.363 e. The molecular weight excluding hydrogens is 256 g/mol. The summed E-state index contributed by atoms with van der Waals surface area (Å²) in [5, 5.41) is 10.4. The summed E-state index contributed by atoms with van der Waals surface area (Å²) in [6.07, 6.45) is 0.868. The van der Waals surface area contributed by atoms with Crippen molar-refractivity contribution in [1.29, 1.82) is 0 Å². The zero-order valence-electron chi connectivity index (χ0n) is 12.5. The van der Waals surface area contributed by atoms with Crippen LogP contribution in [-0.2, 0) is 16.1 Å². The van der Waals surface area contributed by atoms with Crippen LogP contribution >= 0.6 is 0 Å². The molecule has 1 aromatic heterocycles. The second kappa shape index (κ2) is 6.37.